The highest BCUT2D eigenvalue weighted by Crippen LogP contribution is 2.19. The summed E-state index contributed by atoms with van der Waals surface area (Å²) in [5, 5.41) is 15.8. The van der Waals surface area contributed by atoms with E-state index in [2.05, 4.69) is 15.2 Å². The number of anilines is 1. The minimum Gasteiger partial charge on any atom is -0.382 e. The van der Waals surface area contributed by atoms with Crippen molar-refractivity contribution >= 4 is 11.9 Å². The van der Waals surface area contributed by atoms with Gasteiger partial charge in [0.2, 0.25) is 11.8 Å². The van der Waals surface area contributed by atoms with Gasteiger partial charge in [0.05, 0.1) is 6.54 Å². The summed E-state index contributed by atoms with van der Waals surface area (Å²) in [7, 11) is 0. The van der Waals surface area contributed by atoms with Crippen LogP contribution in [-0.4, -0.2) is 45.0 Å². The third-order valence-electron chi connectivity index (χ3n) is 1.55. The third-order valence-corrected chi connectivity index (χ3v) is 1.55. The summed E-state index contributed by atoms with van der Waals surface area (Å²) < 4.78 is 35.5. The van der Waals surface area contributed by atoms with Gasteiger partial charge in [-0.15, -0.1) is 5.10 Å². The first kappa shape index (κ1) is 12.2. The topological polar surface area (TPSA) is 117 Å². The summed E-state index contributed by atoms with van der Waals surface area (Å²) in [6.45, 7) is -0.969. The third kappa shape index (κ3) is 3.08. The van der Waals surface area contributed by atoms with Crippen molar-refractivity contribution in [1.29, 1.82) is 0 Å². The summed E-state index contributed by atoms with van der Waals surface area (Å²) in [6, 6.07) is 0. The molecule has 0 aliphatic rings. The number of aromatic nitrogens is 3. The molecule has 1 heterocycles. The maximum atomic E-state index is 11.8. The first-order valence-corrected chi connectivity index (χ1v) is 4.01. The second-order valence-corrected chi connectivity index (χ2v) is 2.81. The molecule has 0 spiro atoms. The Morgan fingerprint density at radius 1 is 1.62 bits per heavy atom. The zero-order valence-corrected chi connectivity index (χ0v) is 7.75. The summed E-state index contributed by atoms with van der Waals surface area (Å²) in [6.07, 6.45) is -7.41. The molecule has 0 saturated heterocycles. The average molecular weight is 239 g/mol. The van der Waals surface area contributed by atoms with Gasteiger partial charge in [0.1, 0.15) is 0 Å². The number of hydrogen-bond acceptors (Lipinski definition) is 5. The number of aliphatic hydroxyl groups excluding tert-OH is 1. The van der Waals surface area contributed by atoms with Crippen molar-refractivity contribution in [3.05, 3.63) is 5.82 Å². The van der Waals surface area contributed by atoms with Gasteiger partial charge in [0.15, 0.2) is 6.10 Å². The zero-order valence-electron chi connectivity index (χ0n) is 7.75. The molecule has 1 amide bonds. The Labute approximate surface area is 86.9 Å². The zero-order chi connectivity index (χ0) is 12.3. The minimum absolute atomic E-state index is 0.207. The lowest BCUT2D eigenvalue weighted by Crippen LogP contribution is -2.41. The summed E-state index contributed by atoms with van der Waals surface area (Å²) in [5.41, 5.74) is 5.08. The number of nitrogens with one attached hydrogen (secondary N) is 2. The lowest BCUT2D eigenvalue weighted by Gasteiger charge is -2.14. The molecular weight excluding hydrogens is 231 g/mol. The number of carbonyl (C=O) groups excluding carboxylic acids is 1. The molecule has 0 aromatic carbocycles. The van der Waals surface area contributed by atoms with Crippen LogP contribution in [0.25, 0.3) is 0 Å². The van der Waals surface area contributed by atoms with Crippen molar-refractivity contribution in [1.82, 2.24) is 20.5 Å². The highest BCUT2D eigenvalue weighted by Gasteiger charge is 2.38. The Morgan fingerprint density at radius 3 is 2.69 bits per heavy atom. The fourth-order valence-electron chi connectivity index (χ4n) is 0.765. The standard InChI is InChI=1S/C6H8F3N5O2/c7-6(8,9)2(15)1-11-4(16)3-12-5(10)14-13-3/h2,15H,1H2,(H,11,16)(H3,10,12,13,14). The number of aromatic amines is 1. The lowest BCUT2D eigenvalue weighted by atomic mass is 10.3. The molecule has 90 valence electrons. The van der Waals surface area contributed by atoms with E-state index >= 15 is 0 Å². The second-order valence-electron chi connectivity index (χ2n) is 2.81. The molecule has 0 fully saturated rings. The fraction of sp³-hybridized carbons (Fsp3) is 0.500. The molecule has 7 nitrogen and oxygen atoms in total. The number of amides is 1. The van der Waals surface area contributed by atoms with Gasteiger partial charge in [-0.25, -0.2) is 0 Å². The Kier molecular flexibility index (Phi) is 3.32. The number of nitrogens with zero attached hydrogens (tertiary/aromatic N) is 2. The number of alkyl halides is 3. The van der Waals surface area contributed by atoms with Crippen LogP contribution in [0.1, 0.15) is 10.6 Å². The van der Waals surface area contributed by atoms with E-state index in [4.69, 9.17) is 10.8 Å². The Morgan fingerprint density at radius 2 is 2.25 bits per heavy atom. The van der Waals surface area contributed by atoms with Gasteiger partial charge in [0, 0.05) is 0 Å². The van der Waals surface area contributed by atoms with Crippen LogP contribution in [0.5, 0.6) is 0 Å². The second kappa shape index (κ2) is 4.35. The van der Waals surface area contributed by atoms with Gasteiger partial charge < -0.3 is 16.2 Å². The molecule has 5 N–H and O–H groups in total. The molecule has 0 saturated carbocycles. The first-order chi connectivity index (χ1) is 7.30. The van der Waals surface area contributed by atoms with Gasteiger partial charge in [-0.3, -0.25) is 9.89 Å². The summed E-state index contributed by atoms with van der Waals surface area (Å²) in [4.78, 5) is 14.5. The van der Waals surface area contributed by atoms with Gasteiger partial charge in [-0.05, 0) is 0 Å². The number of hydrogen-bond donors (Lipinski definition) is 4. The molecule has 1 rings (SSSR count). The van der Waals surface area contributed by atoms with Crippen molar-refractivity contribution in [3.8, 4) is 0 Å². The smallest absolute Gasteiger partial charge is 0.382 e. The number of rotatable bonds is 3. The van der Waals surface area contributed by atoms with Crippen LogP contribution in [0.4, 0.5) is 19.1 Å². The van der Waals surface area contributed by atoms with E-state index in [0.717, 1.165) is 0 Å². The summed E-state index contributed by atoms with van der Waals surface area (Å²) in [5.74, 6) is -1.47. The van der Waals surface area contributed by atoms with Crippen molar-refractivity contribution < 1.29 is 23.1 Å². The van der Waals surface area contributed by atoms with Gasteiger partial charge in [0.25, 0.3) is 5.91 Å². The quantitative estimate of drug-likeness (QED) is 0.542. The molecule has 1 atom stereocenters. The average Bonchev–Trinajstić information content (AvgIpc) is 2.59. The van der Waals surface area contributed by atoms with Crippen LogP contribution in [0.3, 0.4) is 0 Å². The van der Waals surface area contributed by atoms with E-state index in [1.54, 1.807) is 0 Å². The van der Waals surface area contributed by atoms with E-state index in [1.165, 1.54) is 0 Å². The largest absolute Gasteiger partial charge is 0.416 e. The van der Waals surface area contributed by atoms with Crippen molar-refractivity contribution in [2.75, 3.05) is 12.3 Å². The van der Waals surface area contributed by atoms with Gasteiger partial charge in [-0.1, -0.05) is 0 Å². The number of nitrogens with two attached hydrogens (primary N) is 1. The number of carbonyl (C=O) groups is 1. The normalized spacial score (nSPS) is 13.5. The number of halogens is 3. The lowest BCUT2D eigenvalue weighted by molar-refractivity contribution is -0.201. The molecule has 0 bridgehead atoms. The number of H-pyrrole nitrogens is 1. The Hall–Kier alpha value is -1.84. The number of nitrogen functional groups attached to an aromatic ring is 1. The van der Waals surface area contributed by atoms with Crippen LogP contribution < -0.4 is 11.1 Å². The maximum absolute atomic E-state index is 11.8. The SMILES string of the molecule is Nc1n[nH]c(C(=O)NCC(O)C(F)(F)F)n1. The van der Waals surface area contributed by atoms with Crippen LogP contribution in [0.15, 0.2) is 0 Å². The van der Waals surface area contributed by atoms with Crippen molar-refractivity contribution in [3.63, 3.8) is 0 Å². The van der Waals surface area contributed by atoms with Crippen molar-refractivity contribution in [2.24, 2.45) is 0 Å². The summed E-state index contributed by atoms with van der Waals surface area (Å²) >= 11 is 0. The molecule has 1 aromatic rings. The van der Waals surface area contributed by atoms with E-state index in [-0.39, 0.29) is 11.8 Å². The molecule has 0 radical (unpaired) electrons. The molecule has 10 heteroatoms. The van der Waals surface area contributed by atoms with Crippen LogP contribution in [0.2, 0.25) is 0 Å². The first-order valence-electron chi connectivity index (χ1n) is 4.01. The van der Waals surface area contributed by atoms with Crippen LogP contribution in [-0.2, 0) is 0 Å². The maximum Gasteiger partial charge on any atom is 0.416 e. The molecule has 0 aliphatic heterocycles. The molecule has 1 unspecified atom stereocenters. The molecule has 16 heavy (non-hydrogen) atoms. The molecule has 0 aliphatic carbocycles. The van der Waals surface area contributed by atoms with Crippen molar-refractivity contribution in [2.45, 2.75) is 12.3 Å². The highest BCUT2D eigenvalue weighted by molar-refractivity contribution is 5.90. The van der Waals surface area contributed by atoms with Gasteiger partial charge in [-0.2, -0.15) is 18.2 Å². The molecular formula is C6H8F3N5O2. The van der Waals surface area contributed by atoms with E-state index in [0.29, 0.717) is 0 Å². The molecule has 1 aromatic heterocycles. The van der Waals surface area contributed by atoms with E-state index in [9.17, 15) is 18.0 Å². The van der Waals surface area contributed by atoms with Crippen LogP contribution in [0, 0.1) is 0 Å². The Balaban J connectivity index is 2.48. The predicted octanol–water partition coefficient (Wildman–Crippen LogP) is -0.960. The fourth-order valence-corrected chi connectivity index (χ4v) is 0.765. The number of aliphatic hydroxyl groups is 1. The monoisotopic (exact) mass is 239 g/mol. The van der Waals surface area contributed by atoms with Crippen LogP contribution >= 0.6 is 0 Å². The van der Waals surface area contributed by atoms with E-state index in [1.807, 2.05) is 5.32 Å². The minimum atomic E-state index is -4.78. The van der Waals surface area contributed by atoms with E-state index < -0.39 is 24.7 Å². The van der Waals surface area contributed by atoms with Gasteiger partial charge >= 0.3 is 6.18 Å². The highest BCUT2D eigenvalue weighted by atomic mass is 19.4. The Bertz CT molecular complexity index is 376. The predicted molar refractivity (Wildman–Crippen MR) is 45.2 cm³/mol.